The summed E-state index contributed by atoms with van der Waals surface area (Å²) in [6.07, 6.45) is 33.4. The van der Waals surface area contributed by atoms with E-state index in [1.165, 1.54) is 68.1 Å². The second kappa shape index (κ2) is 50.6. The fraction of sp³-hybridized carbons (Fsp3) is 0.472. The highest BCUT2D eigenvalue weighted by Gasteiger charge is 2.40. The second-order valence-corrected chi connectivity index (χ2v) is 35.4. The van der Waals surface area contributed by atoms with Gasteiger partial charge < -0.3 is 15.6 Å². The minimum Gasteiger partial charge on any atom is -0.395 e. The van der Waals surface area contributed by atoms with Gasteiger partial charge in [-0.3, -0.25) is 9.59 Å². The number of hydrogen-bond donors (Lipinski definition) is 3. The highest BCUT2D eigenvalue weighted by Crippen LogP contribution is 2.47. The molecule has 21 heteroatoms. The molecule has 0 heterocycles. The maximum Gasteiger partial charge on any atom is 0.264 e. The maximum atomic E-state index is 11.2. The van der Waals surface area contributed by atoms with Crippen LogP contribution in [0.2, 0.25) is 35.2 Å². The topological polar surface area (TPSA) is 202 Å². The van der Waals surface area contributed by atoms with Crippen molar-refractivity contribution < 1.29 is 22.5 Å². The summed E-state index contributed by atoms with van der Waals surface area (Å²) in [7, 11) is -3.39. The molecule has 10 nitrogen and oxygen atoms in total. The Morgan fingerprint density at radius 3 is 1.07 bits per heavy atom. The zero-order chi connectivity index (χ0) is 77.8. The minimum absolute atomic E-state index is 0. The van der Waals surface area contributed by atoms with Gasteiger partial charge in [0.2, 0.25) is 0 Å². The van der Waals surface area contributed by atoms with Crippen LogP contribution in [0, 0.1) is 39.4 Å². The molecule has 7 aromatic rings. The summed E-state index contributed by atoms with van der Waals surface area (Å²) in [5.74, 6) is 0.289. The number of nitrogens with one attached hydrogen (secondary N) is 1. The molecular weight excluding hydrogens is 1690 g/mol. The Balaban J connectivity index is 0.000000328. The summed E-state index contributed by atoms with van der Waals surface area (Å²) in [5.41, 5.74) is 13.4. The molecule has 7 aromatic carbocycles. The lowest BCUT2D eigenvalue weighted by Gasteiger charge is -2.29. The number of benzene rings is 7. The summed E-state index contributed by atoms with van der Waals surface area (Å²) in [6.45, 7) is 0.488. The molecule has 4 N–H and O–H groups in total. The van der Waals surface area contributed by atoms with E-state index in [4.69, 9.17) is 107 Å². The third-order valence-corrected chi connectivity index (χ3v) is 25.2. The van der Waals surface area contributed by atoms with Gasteiger partial charge in [-0.05, 0) is 214 Å². The highest BCUT2D eigenvalue weighted by molar-refractivity contribution is 9.09. The van der Waals surface area contributed by atoms with Gasteiger partial charge >= 0.3 is 0 Å². The molecular formula is C89H111Br2Cl8N5O5S. The fourth-order valence-corrected chi connectivity index (χ4v) is 17.8. The molecule has 0 radical (unpaired) electrons. The van der Waals surface area contributed by atoms with E-state index >= 15 is 0 Å². The minimum atomic E-state index is -3.39. The number of carbonyl (C=O) groups excluding carboxylic acids is 1. The fourth-order valence-electron chi connectivity index (χ4n) is 15.7. The molecule has 6 saturated carbocycles. The van der Waals surface area contributed by atoms with Gasteiger partial charge in [0.05, 0.1) is 60.8 Å². The zero-order valence-electron chi connectivity index (χ0n) is 61.8. The summed E-state index contributed by atoms with van der Waals surface area (Å²) < 4.78 is 27.4. The molecule has 6 aliphatic carbocycles. The molecule has 0 saturated heterocycles. The van der Waals surface area contributed by atoms with Crippen LogP contribution < -0.4 is 5.73 Å². The number of aliphatic hydroxyl groups excluding tert-OH is 1. The van der Waals surface area contributed by atoms with Crippen molar-refractivity contribution in [3.63, 3.8) is 0 Å². The maximum absolute atomic E-state index is 11.2. The molecule has 0 unspecified atom stereocenters. The first-order chi connectivity index (χ1) is 51.3. The summed E-state index contributed by atoms with van der Waals surface area (Å²) >= 11 is 47.4. The van der Waals surface area contributed by atoms with Crippen LogP contribution in [0.25, 0.3) is 0 Å². The molecule has 0 aromatic heterocycles. The van der Waals surface area contributed by atoms with E-state index in [0.29, 0.717) is 29.3 Å². The van der Waals surface area contributed by atoms with Gasteiger partial charge in [-0.15, -0.1) is 12.4 Å². The Labute approximate surface area is 716 Å². The standard InChI is InChI=1S/C13H17ClN2.C13H14ClN.C13H17ClO3S.C12H12ClN.C12H15ClO.C12H13ClO.C8H6ClN.C4H8Br2.2CH4.ClH/c14-11-5-3-10(4-6-11)13(9-12(15)16)7-1-2-8-13;14-12-5-3-11(4-6-12)13(9-10-15)7-1-2-8-13;1-18(15,16)17-10-13(8-2-3-9-13)11-4-6-12(14)7-5-11;3*13-11-5-3-10(4-6-11)12(9-14)7-1-2-8-12;9-8-3-1-7(2-4-8)5-6-10;5-3-1-2-4-6;;;/h3-6H,1-2,7-9H2,(H3,15,16);3-6H,1-2,7-9H2;4-7H,2-3,8-10H2,1H3;3-6H,1-2,7-8H2;3-6,14H,1-2,7-9H2;3-6,9H,1-2,7-8H2;1-4H,5H2;1-4H2;2*1H4;1H. The van der Waals surface area contributed by atoms with Gasteiger partial charge in [-0.1, -0.05) is 290 Å². The van der Waals surface area contributed by atoms with Gasteiger partial charge in [0.15, 0.2) is 0 Å². The molecule has 0 amide bonds. The van der Waals surface area contributed by atoms with E-state index in [0.717, 1.165) is 186 Å². The molecule has 0 spiro atoms. The number of aliphatic hydroxyl groups is 1. The summed E-state index contributed by atoms with van der Waals surface area (Å²) in [4.78, 5) is 11.2. The number of halogens is 10. The average Bonchev–Trinajstić information content (AvgIpc) is 1.65. The predicted molar refractivity (Wildman–Crippen MR) is 474 cm³/mol. The quantitative estimate of drug-likeness (QED) is 0.0187. The lowest BCUT2D eigenvalue weighted by molar-refractivity contribution is -0.112. The van der Waals surface area contributed by atoms with E-state index in [1.54, 1.807) is 12.1 Å². The van der Waals surface area contributed by atoms with Crippen molar-refractivity contribution in [2.24, 2.45) is 5.73 Å². The number of rotatable bonds is 18. The molecule has 6 aliphatic rings. The average molecular weight is 1810 g/mol. The lowest BCUT2D eigenvalue weighted by Crippen LogP contribution is -2.29. The Hall–Kier alpha value is -4.70. The van der Waals surface area contributed by atoms with Crippen molar-refractivity contribution in [1.29, 1.82) is 21.2 Å². The molecule has 13 rings (SSSR count). The van der Waals surface area contributed by atoms with Gasteiger partial charge in [0.25, 0.3) is 10.1 Å². The van der Waals surface area contributed by atoms with Crippen molar-refractivity contribution in [3.05, 3.63) is 244 Å². The first-order valence-electron chi connectivity index (χ1n) is 37.2. The van der Waals surface area contributed by atoms with E-state index in [1.807, 2.05) is 133 Å². The third-order valence-electron chi connectivity index (χ3n) is 21.8. The number of nitrogens with two attached hydrogens (primary N) is 1. The van der Waals surface area contributed by atoms with Crippen LogP contribution in [0.4, 0.5) is 0 Å². The molecule has 598 valence electrons. The molecule has 6 fully saturated rings. The number of nitriles is 3. The molecule has 0 atom stereocenters. The van der Waals surface area contributed by atoms with Gasteiger partial charge in [0, 0.05) is 80.3 Å². The largest absolute Gasteiger partial charge is 0.395 e. The van der Waals surface area contributed by atoms with E-state index in [-0.39, 0.29) is 78.8 Å². The van der Waals surface area contributed by atoms with Crippen molar-refractivity contribution >= 4 is 148 Å². The number of alkyl halides is 2. The third kappa shape index (κ3) is 31.1. The number of carbonyl (C=O) groups is 1. The van der Waals surface area contributed by atoms with Crippen molar-refractivity contribution in [2.75, 3.05) is 30.1 Å². The summed E-state index contributed by atoms with van der Waals surface area (Å²) in [6, 6.07) is 61.1. The van der Waals surface area contributed by atoms with Crippen LogP contribution >= 0.6 is 125 Å². The van der Waals surface area contributed by atoms with Crippen LogP contribution in [0.1, 0.15) is 234 Å². The van der Waals surface area contributed by atoms with Gasteiger partial charge in [-0.2, -0.15) is 24.2 Å². The first-order valence-corrected chi connectivity index (χ1v) is 43.9. The lowest BCUT2D eigenvalue weighted by atomic mass is 9.76. The second-order valence-electron chi connectivity index (χ2n) is 29.1. The van der Waals surface area contributed by atoms with E-state index in [9.17, 15) is 23.6 Å². The number of unbranched alkanes of at least 4 members (excludes halogenated alkanes) is 1. The Morgan fingerprint density at radius 2 is 0.755 bits per heavy atom. The van der Waals surface area contributed by atoms with E-state index in [2.05, 4.69) is 74.3 Å². The molecule has 0 bridgehead atoms. The Kier molecular flexibility index (Phi) is 45.8. The van der Waals surface area contributed by atoms with Gasteiger partial charge in [0.1, 0.15) is 6.29 Å². The van der Waals surface area contributed by atoms with Crippen molar-refractivity contribution in [1.82, 2.24) is 0 Å². The van der Waals surface area contributed by atoms with Gasteiger partial charge in [-0.25, -0.2) is 0 Å². The Bertz CT molecular complexity index is 4030. The van der Waals surface area contributed by atoms with Crippen molar-refractivity contribution in [2.45, 2.75) is 234 Å². The van der Waals surface area contributed by atoms with Crippen LogP contribution in [0.15, 0.2) is 170 Å². The normalized spacial score (nSPS) is 17.1. The number of hydrogen-bond acceptors (Lipinski definition) is 9. The van der Waals surface area contributed by atoms with Crippen molar-refractivity contribution in [3.8, 4) is 18.2 Å². The Morgan fingerprint density at radius 1 is 0.464 bits per heavy atom. The van der Waals surface area contributed by atoms with E-state index < -0.39 is 10.1 Å². The highest BCUT2D eigenvalue weighted by atomic mass is 79.9. The van der Waals surface area contributed by atoms with Crippen LogP contribution in [-0.2, 0) is 58.0 Å². The predicted octanol–water partition coefficient (Wildman–Crippen LogP) is 27.5. The SMILES string of the molecule is BrCCCCBr.C.C.CS(=O)(=O)OCC1(c2ccc(Cl)cc2)CCCC1.Cl.N#CC1(c2ccc(Cl)cc2)CCCC1.N#CCC1(c2ccc(Cl)cc2)CCCC1.N#CCc1ccc(Cl)cc1.N=C(N)CC1(c2ccc(Cl)cc2)CCCC1.O=CC1(c2ccc(Cl)cc2)CCCC1.OCC1(c2ccc(Cl)cc2)CCCC1. The van der Waals surface area contributed by atoms with Crippen LogP contribution in [0.5, 0.6) is 0 Å². The smallest absolute Gasteiger partial charge is 0.264 e. The number of amidine groups is 1. The number of nitrogens with zero attached hydrogens (tertiary/aromatic N) is 3. The zero-order valence-corrected chi connectivity index (χ0v) is 71.9. The first kappa shape index (κ1) is 99.5. The molecule has 110 heavy (non-hydrogen) atoms. The number of aldehydes is 1. The summed E-state index contributed by atoms with van der Waals surface area (Å²) in [5, 5.41) is 51.0. The monoisotopic (exact) mass is 1800 g/mol. The molecule has 0 aliphatic heterocycles. The van der Waals surface area contributed by atoms with Crippen LogP contribution in [-0.4, -0.2) is 55.8 Å². The van der Waals surface area contributed by atoms with Crippen LogP contribution in [0.3, 0.4) is 0 Å².